The van der Waals surface area contributed by atoms with Crippen LogP contribution in [-0.4, -0.2) is 48.5 Å². The summed E-state index contributed by atoms with van der Waals surface area (Å²) in [6.45, 7) is 9.16. The normalized spacial score (nSPS) is 22.8. The minimum absolute atomic E-state index is 0.271. The number of allylic oxidation sites excluding steroid dienone is 1. The van der Waals surface area contributed by atoms with Gasteiger partial charge in [-0.2, -0.15) is 0 Å². The summed E-state index contributed by atoms with van der Waals surface area (Å²) in [6, 6.07) is 6.90. The average Bonchev–Trinajstić information content (AvgIpc) is 2.57. The van der Waals surface area contributed by atoms with Crippen molar-refractivity contribution in [1.82, 2.24) is 4.90 Å². The van der Waals surface area contributed by atoms with Gasteiger partial charge in [-0.25, -0.2) is 0 Å². The van der Waals surface area contributed by atoms with E-state index in [0.29, 0.717) is 30.1 Å². The van der Waals surface area contributed by atoms with E-state index in [0.717, 1.165) is 12.0 Å². The number of β-amino-alcohol motifs (C(OH)–C–C–N with tert-alkyl or cyclic N) is 1. The number of nitrogens with zero attached hydrogens (tertiary/aromatic N) is 1. The molecule has 0 aliphatic carbocycles. The number of likely N-dealkylation sites (tertiary alicyclic amines) is 1. The molecule has 0 radical (unpaired) electrons. The van der Waals surface area contributed by atoms with Crippen LogP contribution in [0.4, 0.5) is 0 Å². The molecule has 0 saturated carbocycles. The topological polar surface area (TPSA) is 41.9 Å². The fraction of sp³-hybridized carbons (Fsp3) is 0.600. The number of piperidine rings is 1. The van der Waals surface area contributed by atoms with Crippen LogP contribution in [0, 0.1) is 0 Å². The van der Waals surface area contributed by atoms with E-state index in [2.05, 4.69) is 25.3 Å². The zero-order valence-electron chi connectivity index (χ0n) is 15.2. The summed E-state index contributed by atoms with van der Waals surface area (Å²) in [7, 11) is 1.63. The molecule has 1 saturated heterocycles. The lowest BCUT2D eigenvalue weighted by molar-refractivity contribution is 0.0204. The summed E-state index contributed by atoms with van der Waals surface area (Å²) in [5.74, 6) is 1.37. The SMILES string of the molecule is C=CCc1ccc(OC[C@@H](O)CN2[C@H](C)CCC[C@H]2C)c(OC)c1. The van der Waals surface area contributed by atoms with Gasteiger partial charge in [0.2, 0.25) is 0 Å². The summed E-state index contributed by atoms with van der Waals surface area (Å²) in [6.07, 6.45) is 5.84. The fourth-order valence-corrected chi connectivity index (χ4v) is 3.44. The van der Waals surface area contributed by atoms with Crippen molar-refractivity contribution in [2.75, 3.05) is 20.3 Å². The standard InChI is InChI=1S/C20H31NO3/c1-5-7-17-10-11-19(20(12-17)23-4)24-14-18(22)13-21-15(2)8-6-9-16(21)3/h5,10-12,15-16,18,22H,1,6-9,13-14H2,2-4H3/t15-,16-,18+/m1/s1. The van der Waals surface area contributed by atoms with Gasteiger partial charge in [-0.05, 0) is 50.8 Å². The molecule has 134 valence electrons. The molecule has 4 nitrogen and oxygen atoms in total. The van der Waals surface area contributed by atoms with E-state index in [1.807, 2.05) is 24.3 Å². The van der Waals surface area contributed by atoms with Crippen molar-refractivity contribution in [3.05, 3.63) is 36.4 Å². The third-order valence-electron chi connectivity index (χ3n) is 4.84. The second-order valence-electron chi connectivity index (χ2n) is 6.77. The van der Waals surface area contributed by atoms with Crippen LogP contribution in [0.2, 0.25) is 0 Å². The van der Waals surface area contributed by atoms with Gasteiger partial charge in [-0.3, -0.25) is 4.90 Å². The molecule has 3 atom stereocenters. The van der Waals surface area contributed by atoms with E-state index in [1.54, 1.807) is 7.11 Å². The van der Waals surface area contributed by atoms with Gasteiger partial charge in [-0.1, -0.05) is 18.6 Å². The van der Waals surface area contributed by atoms with Crippen LogP contribution >= 0.6 is 0 Å². The van der Waals surface area contributed by atoms with Crippen LogP contribution < -0.4 is 9.47 Å². The second-order valence-corrected chi connectivity index (χ2v) is 6.77. The van der Waals surface area contributed by atoms with Gasteiger partial charge < -0.3 is 14.6 Å². The molecule has 4 heteroatoms. The predicted molar refractivity (Wildman–Crippen MR) is 97.9 cm³/mol. The Morgan fingerprint density at radius 1 is 1.29 bits per heavy atom. The molecule has 1 heterocycles. The lowest BCUT2D eigenvalue weighted by Gasteiger charge is -2.40. The Hall–Kier alpha value is -1.52. The smallest absolute Gasteiger partial charge is 0.161 e. The molecule has 1 fully saturated rings. The quantitative estimate of drug-likeness (QED) is 0.740. The van der Waals surface area contributed by atoms with Gasteiger partial charge in [0.1, 0.15) is 12.7 Å². The number of benzene rings is 1. The Morgan fingerprint density at radius 2 is 2.00 bits per heavy atom. The number of aliphatic hydroxyl groups excluding tert-OH is 1. The maximum atomic E-state index is 10.4. The average molecular weight is 333 g/mol. The summed E-state index contributed by atoms with van der Waals surface area (Å²) in [5, 5.41) is 10.4. The van der Waals surface area contributed by atoms with Crippen LogP contribution in [0.5, 0.6) is 11.5 Å². The van der Waals surface area contributed by atoms with Crippen molar-refractivity contribution in [1.29, 1.82) is 0 Å². The molecular weight excluding hydrogens is 302 g/mol. The molecule has 1 aliphatic heterocycles. The van der Waals surface area contributed by atoms with Crippen molar-refractivity contribution in [2.24, 2.45) is 0 Å². The molecule has 2 rings (SSSR count). The Kier molecular flexibility index (Phi) is 7.13. The van der Waals surface area contributed by atoms with Crippen molar-refractivity contribution < 1.29 is 14.6 Å². The molecule has 1 aliphatic rings. The zero-order chi connectivity index (χ0) is 17.5. The van der Waals surface area contributed by atoms with Crippen LogP contribution in [0.1, 0.15) is 38.7 Å². The van der Waals surface area contributed by atoms with E-state index in [-0.39, 0.29) is 6.61 Å². The molecule has 0 amide bonds. The number of rotatable bonds is 8. The van der Waals surface area contributed by atoms with Crippen molar-refractivity contribution in [3.63, 3.8) is 0 Å². The minimum Gasteiger partial charge on any atom is -0.493 e. The largest absolute Gasteiger partial charge is 0.493 e. The molecule has 1 N–H and O–H groups in total. The highest BCUT2D eigenvalue weighted by Gasteiger charge is 2.26. The van der Waals surface area contributed by atoms with Gasteiger partial charge in [0.15, 0.2) is 11.5 Å². The molecule has 0 spiro atoms. The van der Waals surface area contributed by atoms with Crippen molar-refractivity contribution in [3.8, 4) is 11.5 Å². The summed E-state index contributed by atoms with van der Waals surface area (Å²) < 4.78 is 11.2. The molecule has 1 aromatic carbocycles. The minimum atomic E-state index is -0.509. The first-order valence-electron chi connectivity index (χ1n) is 8.89. The van der Waals surface area contributed by atoms with Gasteiger partial charge in [0.05, 0.1) is 7.11 Å². The molecule has 24 heavy (non-hydrogen) atoms. The van der Waals surface area contributed by atoms with Crippen LogP contribution in [0.15, 0.2) is 30.9 Å². The molecule has 0 aromatic heterocycles. The highest BCUT2D eigenvalue weighted by Crippen LogP contribution is 2.29. The van der Waals surface area contributed by atoms with Crippen molar-refractivity contribution in [2.45, 2.75) is 57.7 Å². The van der Waals surface area contributed by atoms with Gasteiger partial charge >= 0.3 is 0 Å². The summed E-state index contributed by atoms with van der Waals surface area (Å²) >= 11 is 0. The fourth-order valence-electron chi connectivity index (χ4n) is 3.44. The monoisotopic (exact) mass is 333 g/mol. The maximum Gasteiger partial charge on any atom is 0.161 e. The number of methoxy groups -OCH3 is 1. The number of ether oxygens (including phenoxy) is 2. The Labute approximate surface area is 146 Å². The lowest BCUT2D eigenvalue weighted by atomic mass is 9.97. The molecule has 1 aromatic rings. The van der Waals surface area contributed by atoms with Gasteiger partial charge in [0, 0.05) is 18.6 Å². The van der Waals surface area contributed by atoms with E-state index < -0.39 is 6.10 Å². The zero-order valence-corrected chi connectivity index (χ0v) is 15.2. The second kappa shape index (κ2) is 9.09. The molecule has 0 unspecified atom stereocenters. The van der Waals surface area contributed by atoms with Gasteiger partial charge in [0.25, 0.3) is 0 Å². The number of hydrogen-bond donors (Lipinski definition) is 1. The maximum absolute atomic E-state index is 10.4. The third kappa shape index (κ3) is 4.99. The van der Waals surface area contributed by atoms with E-state index in [9.17, 15) is 5.11 Å². The van der Waals surface area contributed by atoms with E-state index in [4.69, 9.17) is 9.47 Å². The first-order valence-corrected chi connectivity index (χ1v) is 8.89. The lowest BCUT2D eigenvalue weighted by Crippen LogP contribution is -2.48. The summed E-state index contributed by atoms with van der Waals surface area (Å²) in [5.41, 5.74) is 1.13. The van der Waals surface area contributed by atoms with Gasteiger partial charge in [-0.15, -0.1) is 6.58 Å². The Morgan fingerprint density at radius 3 is 2.62 bits per heavy atom. The first-order chi connectivity index (χ1) is 11.5. The van der Waals surface area contributed by atoms with Crippen molar-refractivity contribution >= 4 is 0 Å². The number of hydrogen-bond acceptors (Lipinski definition) is 4. The molecular formula is C20H31NO3. The summed E-state index contributed by atoms with van der Waals surface area (Å²) in [4.78, 5) is 2.39. The highest BCUT2D eigenvalue weighted by molar-refractivity contribution is 5.43. The predicted octanol–water partition coefficient (Wildman–Crippen LogP) is 3.43. The van der Waals surface area contributed by atoms with E-state index >= 15 is 0 Å². The first kappa shape index (κ1) is 18.8. The number of aliphatic hydroxyl groups is 1. The van der Waals surface area contributed by atoms with E-state index in [1.165, 1.54) is 19.3 Å². The van der Waals surface area contributed by atoms with Crippen LogP contribution in [0.25, 0.3) is 0 Å². The molecule has 0 bridgehead atoms. The third-order valence-corrected chi connectivity index (χ3v) is 4.84. The Bertz CT molecular complexity index is 522. The van der Waals surface area contributed by atoms with Crippen LogP contribution in [0.3, 0.4) is 0 Å². The van der Waals surface area contributed by atoms with Crippen LogP contribution in [-0.2, 0) is 6.42 Å². The highest BCUT2D eigenvalue weighted by atomic mass is 16.5. The Balaban J connectivity index is 1.91.